The minimum absolute atomic E-state index is 1.09. The van der Waals surface area contributed by atoms with Crippen molar-refractivity contribution in [3.63, 3.8) is 0 Å². The number of hydrogen-bond donors (Lipinski definition) is 1. The summed E-state index contributed by atoms with van der Waals surface area (Å²) in [5, 5.41) is 0. The third kappa shape index (κ3) is 5.96. The number of fused-ring (bicyclic) bond motifs is 1. The minimum atomic E-state index is 1.09. The maximum atomic E-state index is 4.80. The maximum absolute atomic E-state index is 4.80. The van der Waals surface area contributed by atoms with E-state index in [2.05, 4.69) is 37.9 Å². The molecule has 0 saturated heterocycles. The molecule has 0 fully saturated rings. The standard InChI is InChI=1S/C22H36N2/c1-4-5-6-7-8-9-10-11-12-13-14-15-21-23-20-17-16-18(2)19(3)22(20)24-21/h16-17H,4-15H2,1-3H3,(H,23,24). The summed E-state index contributed by atoms with van der Waals surface area (Å²) in [6.07, 6.45) is 16.4. The Morgan fingerprint density at radius 3 is 2.00 bits per heavy atom. The number of hydrogen-bond acceptors (Lipinski definition) is 1. The predicted octanol–water partition coefficient (Wildman–Crippen LogP) is 7.03. The number of rotatable bonds is 12. The van der Waals surface area contributed by atoms with E-state index >= 15 is 0 Å². The number of H-pyrrole nitrogens is 1. The topological polar surface area (TPSA) is 28.7 Å². The largest absolute Gasteiger partial charge is 0.342 e. The summed E-state index contributed by atoms with van der Waals surface area (Å²) in [6, 6.07) is 4.34. The maximum Gasteiger partial charge on any atom is 0.107 e. The lowest BCUT2D eigenvalue weighted by atomic mass is 10.1. The number of unbranched alkanes of at least 4 members (excludes halogenated alkanes) is 10. The molecular formula is C22H36N2. The lowest BCUT2D eigenvalue weighted by Crippen LogP contribution is -1.89. The van der Waals surface area contributed by atoms with Crippen molar-refractivity contribution in [2.45, 2.75) is 97.8 Å². The molecule has 24 heavy (non-hydrogen) atoms. The van der Waals surface area contributed by atoms with Crippen molar-refractivity contribution in [2.75, 3.05) is 0 Å². The van der Waals surface area contributed by atoms with Gasteiger partial charge in [0.15, 0.2) is 0 Å². The van der Waals surface area contributed by atoms with Crippen LogP contribution in [0.1, 0.15) is 94.5 Å². The molecule has 0 bridgehead atoms. The second-order valence-electron chi connectivity index (χ2n) is 7.37. The van der Waals surface area contributed by atoms with Gasteiger partial charge in [-0.05, 0) is 37.5 Å². The smallest absolute Gasteiger partial charge is 0.107 e. The van der Waals surface area contributed by atoms with E-state index in [9.17, 15) is 0 Å². The number of aryl methyl sites for hydroxylation is 3. The Kier molecular flexibility index (Phi) is 8.35. The first kappa shape index (κ1) is 19.0. The zero-order valence-electron chi connectivity index (χ0n) is 16.1. The van der Waals surface area contributed by atoms with Crippen LogP contribution in [0.15, 0.2) is 12.1 Å². The quantitative estimate of drug-likeness (QED) is 0.416. The highest BCUT2D eigenvalue weighted by molar-refractivity contribution is 5.79. The van der Waals surface area contributed by atoms with E-state index < -0.39 is 0 Å². The Hall–Kier alpha value is -1.31. The Balaban J connectivity index is 1.56. The number of benzene rings is 1. The van der Waals surface area contributed by atoms with E-state index in [0.29, 0.717) is 0 Å². The average molecular weight is 329 g/mol. The Labute approximate surface area is 148 Å². The summed E-state index contributed by atoms with van der Waals surface area (Å²) < 4.78 is 0. The van der Waals surface area contributed by atoms with E-state index in [-0.39, 0.29) is 0 Å². The molecule has 0 radical (unpaired) electrons. The molecule has 0 saturated carbocycles. The van der Waals surface area contributed by atoms with Gasteiger partial charge in [0.2, 0.25) is 0 Å². The van der Waals surface area contributed by atoms with Gasteiger partial charge in [0, 0.05) is 6.42 Å². The summed E-state index contributed by atoms with van der Waals surface area (Å²) >= 11 is 0. The van der Waals surface area contributed by atoms with E-state index in [1.165, 1.54) is 87.3 Å². The van der Waals surface area contributed by atoms with Gasteiger partial charge in [-0.2, -0.15) is 0 Å². The molecule has 1 N–H and O–H groups in total. The summed E-state index contributed by atoms with van der Waals surface area (Å²) in [4.78, 5) is 8.29. The third-order valence-electron chi connectivity index (χ3n) is 5.24. The highest BCUT2D eigenvalue weighted by Gasteiger charge is 2.06. The molecule has 2 rings (SSSR count). The van der Waals surface area contributed by atoms with Gasteiger partial charge >= 0.3 is 0 Å². The first-order chi connectivity index (χ1) is 11.7. The molecule has 134 valence electrons. The molecule has 1 heterocycles. The van der Waals surface area contributed by atoms with Gasteiger partial charge in [0.25, 0.3) is 0 Å². The Morgan fingerprint density at radius 1 is 0.792 bits per heavy atom. The van der Waals surface area contributed by atoms with Crippen LogP contribution in [-0.4, -0.2) is 9.97 Å². The van der Waals surface area contributed by atoms with Crippen LogP contribution in [0.2, 0.25) is 0 Å². The number of aromatic nitrogens is 2. The fourth-order valence-corrected chi connectivity index (χ4v) is 3.44. The third-order valence-corrected chi connectivity index (χ3v) is 5.24. The molecule has 0 aliphatic rings. The highest BCUT2D eigenvalue weighted by Crippen LogP contribution is 2.20. The van der Waals surface area contributed by atoms with E-state index in [0.717, 1.165) is 17.8 Å². The molecule has 0 amide bonds. The normalized spacial score (nSPS) is 11.5. The summed E-state index contributed by atoms with van der Waals surface area (Å²) in [6.45, 7) is 6.62. The molecule has 0 spiro atoms. The Morgan fingerprint density at radius 2 is 1.38 bits per heavy atom. The van der Waals surface area contributed by atoms with Gasteiger partial charge < -0.3 is 4.98 Å². The van der Waals surface area contributed by atoms with Crippen LogP contribution in [0.3, 0.4) is 0 Å². The summed E-state index contributed by atoms with van der Waals surface area (Å²) in [7, 11) is 0. The number of nitrogens with one attached hydrogen (secondary N) is 1. The monoisotopic (exact) mass is 328 g/mol. The Bertz CT molecular complexity index is 597. The van der Waals surface area contributed by atoms with Crippen LogP contribution in [0.4, 0.5) is 0 Å². The second kappa shape index (κ2) is 10.5. The van der Waals surface area contributed by atoms with Gasteiger partial charge in [-0.1, -0.05) is 77.2 Å². The van der Waals surface area contributed by atoms with E-state index in [1.54, 1.807) is 0 Å². The van der Waals surface area contributed by atoms with Crippen molar-refractivity contribution in [1.82, 2.24) is 9.97 Å². The first-order valence-corrected chi connectivity index (χ1v) is 10.2. The molecule has 2 heteroatoms. The van der Waals surface area contributed by atoms with Crippen LogP contribution in [-0.2, 0) is 6.42 Å². The fourth-order valence-electron chi connectivity index (χ4n) is 3.44. The van der Waals surface area contributed by atoms with Crippen molar-refractivity contribution >= 4 is 11.0 Å². The number of nitrogens with zero attached hydrogens (tertiary/aromatic N) is 1. The molecule has 0 atom stereocenters. The number of aromatic amines is 1. The molecule has 0 aliphatic heterocycles. The van der Waals surface area contributed by atoms with Gasteiger partial charge in [0.1, 0.15) is 5.82 Å². The van der Waals surface area contributed by atoms with Crippen LogP contribution in [0.5, 0.6) is 0 Å². The lowest BCUT2D eigenvalue weighted by molar-refractivity contribution is 0.548. The van der Waals surface area contributed by atoms with Crippen LogP contribution in [0.25, 0.3) is 11.0 Å². The van der Waals surface area contributed by atoms with Gasteiger partial charge in [-0.25, -0.2) is 4.98 Å². The van der Waals surface area contributed by atoms with Gasteiger partial charge in [-0.15, -0.1) is 0 Å². The summed E-state index contributed by atoms with van der Waals surface area (Å²) in [5.41, 5.74) is 4.99. The van der Waals surface area contributed by atoms with E-state index in [1.807, 2.05) is 0 Å². The van der Waals surface area contributed by atoms with Crippen molar-refractivity contribution in [3.05, 3.63) is 29.1 Å². The number of imidazole rings is 1. The molecular weight excluding hydrogens is 292 g/mol. The zero-order valence-corrected chi connectivity index (χ0v) is 16.1. The van der Waals surface area contributed by atoms with Crippen molar-refractivity contribution in [1.29, 1.82) is 0 Å². The molecule has 0 aliphatic carbocycles. The zero-order chi connectivity index (χ0) is 17.2. The molecule has 1 aromatic heterocycles. The fraction of sp³-hybridized carbons (Fsp3) is 0.682. The molecule has 2 aromatic rings. The SMILES string of the molecule is CCCCCCCCCCCCCc1nc2c(C)c(C)ccc2[nH]1. The highest BCUT2D eigenvalue weighted by atomic mass is 14.9. The van der Waals surface area contributed by atoms with E-state index in [4.69, 9.17) is 4.98 Å². The second-order valence-corrected chi connectivity index (χ2v) is 7.37. The molecule has 0 unspecified atom stereocenters. The van der Waals surface area contributed by atoms with Crippen LogP contribution < -0.4 is 0 Å². The van der Waals surface area contributed by atoms with Crippen molar-refractivity contribution in [2.24, 2.45) is 0 Å². The summed E-state index contributed by atoms with van der Waals surface area (Å²) in [5.74, 6) is 1.16. The van der Waals surface area contributed by atoms with Gasteiger partial charge in [0.05, 0.1) is 11.0 Å². The average Bonchev–Trinajstić information content (AvgIpc) is 3.00. The molecule has 2 nitrogen and oxygen atoms in total. The van der Waals surface area contributed by atoms with Gasteiger partial charge in [-0.3, -0.25) is 0 Å². The molecule has 1 aromatic carbocycles. The first-order valence-electron chi connectivity index (χ1n) is 10.2. The lowest BCUT2D eigenvalue weighted by Gasteiger charge is -2.02. The predicted molar refractivity (Wildman–Crippen MR) is 106 cm³/mol. The van der Waals surface area contributed by atoms with Crippen LogP contribution >= 0.6 is 0 Å². The van der Waals surface area contributed by atoms with Crippen molar-refractivity contribution < 1.29 is 0 Å². The van der Waals surface area contributed by atoms with Crippen LogP contribution in [0, 0.1) is 13.8 Å². The van der Waals surface area contributed by atoms with Crippen molar-refractivity contribution in [3.8, 4) is 0 Å². The minimum Gasteiger partial charge on any atom is -0.342 e.